The Hall–Kier alpha value is -0.651. The summed E-state index contributed by atoms with van der Waals surface area (Å²) < 4.78 is 1.41. The van der Waals surface area contributed by atoms with E-state index in [1.807, 2.05) is 12.3 Å². The third kappa shape index (κ3) is 3.22. The minimum absolute atomic E-state index is 0.347. The van der Waals surface area contributed by atoms with Crippen molar-refractivity contribution in [1.29, 1.82) is 0 Å². The first kappa shape index (κ1) is 13.8. The van der Waals surface area contributed by atoms with Crippen molar-refractivity contribution in [3.63, 3.8) is 0 Å². The van der Waals surface area contributed by atoms with Crippen LogP contribution >= 0.6 is 23.4 Å². The maximum absolute atomic E-state index is 5.56. The van der Waals surface area contributed by atoms with E-state index in [9.17, 15) is 0 Å². The molecule has 0 unspecified atom stereocenters. The molecule has 1 nitrogen and oxygen atoms in total. The molecule has 18 heavy (non-hydrogen) atoms. The molecule has 0 spiro atoms. The fourth-order valence-electron chi connectivity index (χ4n) is 1.60. The zero-order valence-corrected chi connectivity index (χ0v) is 13.2. The quantitative estimate of drug-likeness (QED) is 0.369. The van der Waals surface area contributed by atoms with E-state index in [1.54, 1.807) is 11.8 Å². The van der Waals surface area contributed by atoms with Crippen LogP contribution in [0, 0.1) is 11.8 Å². The van der Waals surface area contributed by atoms with Gasteiger partial charge < -0.3 is 0 Å². The summed E-state index contributed by atoms with van der Waals surface area (Å²) in [7, 11) is 0. The monoisotopic (exact) mass is 341 g/mol. The normalized spacial score (nSPS) is 10.1. The molecule has 1 heterocycles. The summed E-state index contributed by atoms with van der Waals surface area (Å²) in [6.07, 6.45) is 4.06. The molecule has 0 bridgehead atoms. The van der Waals surface area contributed by atoms with Crippen LogP contribution in [-0.2, 0) is 0 Å². The minimum atomic E-state index is 0.347. The second-order valence-electron chi connectivity index (χ2n) is 3.45. The van der Waals surface area contributed by atoms with E-state index in [4.69, 9.17) is 11.6 Å². The van der Waals surface area contributed by atoms with Crippen LogP contribution in [0.2, 0.25) is 5.32 Å². The number of benzene rings is 1. The van der Waals surface area contributed by atoms with Gasteiger partial charge in [0.15, 0.2) is 0 Å². The molecule has 0 radical (unpaired) electrons. The predicted molar refractivity (Wildman–Crippen MR) is 82.2 cm³/mol. The summed E-state index contributed by atoms with van der Waals surface area (Å²) in [4.78, 5) is 5.75. The SMILES string of the molecule is CSc1cnc2ccccc2c1[Se]CC#CCCl. The number of thioether (sulfide) groups is 1. The van der Waals surface area contributed by atoms with Crippen molar-refractivity contribution in [2.45, 2.75) is 10.2 Å². The van der Waals surface area contributed by atoms with E-state index < -0.39 is 0 Å². The van der Waals surface area contributed by atoms with E-state index in [1.165, 1.54) is 14.7 Å². The maximum atomic E-state index is 5.56. The Kier molecular flexibility index (Phi) is 5.41. The zero-order valence-electron chi connectivity index (χ0n) is 9.94. The molecule has 2 rings (SSSR count). The molecule has 4 heteroatoms. The number of alkyl halides is 1. The Morgan fingerprint density at radius 1 is 1.33 bits per heavy atom. The molecule has 0 amide bonds. The van der Waals surface area contributed by atoms with Crippen LogP contribution in [-0.4, -0.2) is 32.1 Å². The van der Waals surface area contributed by atoms with Gasteiger partial charge in [0.1, 0.15) is 0 Å². The van der Waals surface area contributed by atoms with Crippen molar-refractivity contribution in [2.24, 2.45) is 0 Å². The van der Waals surface area contributed by atoms with Gasteiger partial charge in [0.25, 0.3) is 0 Å². The predicted octanol–water partition coefficient (Wildman–Crippen LogP) is 2.95. The summed E-state index contributed by atoms with van der Waals surface area (Å²) in [5.74, 6) is 6.45. The van der Waals surface area contributed by atoms with Gasteiger partial charge >= 0.3 is 123 Å². The van der Waals surface area contributed by atoms with Crippen LogP contribution in [0.4, 0.5) is 0 Å². The second-order valence-corrected chi connectivity index (χ2v) is 6.63. The van der Waals surface area contributed by atoms with Gasteiger partial charge in [-0.15, -0.1) is 0 Å². The molecule has 0 aliphatic carbocycles. The molecule has 0 aliphatic heterocycles. The van der Waals surface area contributed by atoms with Crippen molar-refractivity contribution in [2.75, 3.05) is 12.1 Å². The van der Waals surface area contributed by atoms with Gasteiger partial charge in [-0.05, 0) is 0 Å². The molecule has 0 fully saturated rings. The van der Waals surface area contributed by atoms with Gasteiger partial charge in [0.2, 0.25) is 0 Å². The molecule has 1 aromatic carbocycles. The summed E-state index contributed by atoms with van der Waals surface area (Å²) in [6, 6.07) is 8.30. The number of fused-ring (bicyclic) bond motifs is 1. The van der Waals surface area contributed by atoms with E-state index in [0.29, 0.717) is 20.8 Å². The van der Waals surface area contributed by atoms with Crippen LogP contribution in [0.15, 0.2) is 35.4 Å². The number of pyridine rings is 1. The zero-order chi connectivity index (χ0) is 12.8. The Morgan fingerprint density at radius 2 is 2.17 bits per heavy atom. The van der Waals surface area contributed by atoms with Crippen molar-refractivity contribution < 1.29 is 0 Å². The molecule has 1 aromatic heterocycles. The van der Waals surface area contributed by atoms with Crippen LogP contribution in [0.3, 0.4) is 0 Å². The molecule has 0 saturated carbocycles. The van der Waals surface area contributed by atoms with Crippen LogP contribution in [0.25, 0.3) is 10.9 Å². The number of halogens is 1. The molecule has 0 aliphatic rings. The Bertz CT molecular complexity index is 604. The summed E-state index contributed by atoms with van der Waals surface area (Å²) in [5, 5.41) is 2.17. The van der Waals surface area contributed by atoms with Crippen molar-refractivity contribution in [1.82, 2.24) is 4.98 Å². The van der Waals surface area contributed by atoms with Gasteiger partial charge in [0.05, 0.1) is 0 Å². The molecule has 0 N–H and O–H groups in total. The Labute approximate surface area is 123 Å². The number of rotatable bonds is 3. The third-order valence-corrected chi connectivity index (χ3v) is 5.70. The van der Waals surface area contributed by atoms with Crippen molar-refractivity contribution in [3.05, 3.63) is 30.5 Å². The first-order chi connectivity index (χ1) is 8.86. The molecular formula is C14H12ClNSSe. The van der Waals surface area contributed by atoms with E-state index >= 15 is 0 Å². The topological polar surface area (TPSA) is 12.9 Å². The molecule has 92 valence electrons. The molecule has 0 atom stereocenters. The number of aromatic nitrogens is 1. The van der Waals surface area contributed by atoms with Gasteiger partial charge in [-0.2, -0.15) is 0 Å². The summed E-state index contributed by atoms with van der Waals surface area (Å²) in [6.45, 7) is 0. The average Bonchev–Trinajstić information content (AvgIpc) is 2.43. The fraction of sp³-hybridized carbons (Fsp3) is 0.214. The first-order valence-electron chi connectivity index (χ1n) is 5.43. The van der Waals surface area contributed by atoms with E-state index in [2.05, 4.69) is 41.3 Å². The fourth-order valence-corrected chi connectivity index (χ4v) is 4.74. The van der Waals surface area contributed by atoms with Gasteiger partial charge in [-0.25, -0.2) is 0 Å². The molecular weight excluding hydrogens is 329 g/mol. The van der Waals surface area contributed by atoms with Gasteiger partial charge in [0, 0.05) is 0 Å². The second kappa shape index (κ2) is 7.07. The van der Waals surface area contributed by atoms with Crippen molar-refractivity contribution >= 4 is 53.7 Å². The Balaban J connectivity index is 2.38. The summed E-state index contributed by atoms with van der Waals surface area (Å²) >= 11 is 7.66. The standard InChI is InChI=1S/C14H12ClNSSe/c1-17-13-10-16-12-7-3-2-6-11(12)14(13)18-9-5-4-8-15/h2-3,6-7,10H,8-9H2,1H3. The van der Waals surface area contributed by atoms with Gasteiger partial charge in [-0.3, -0.25) is 0 Å². The summed E-state index contributed by atoms with van der Waals surface area (Å²) in [5.41, 5.74) is 1.07. The van der Waals surface area contributed by atoms with E-state index in [-0.39, 0.29) is 0 Å². The molecule has 2 aromatic rings. The van der Waals surface area contributed by atoms with Crippen LogP contribution < -0.4 is 4.46 Å². The number of para-hydroxylation sites is 1. The number of hydrogen-bond acceptors (Lipinski definition) is 2. The van der Waals surface area contributed by atoms with Crippen LogP contribution in [0.5, 0.6) is 0 Å². The molecule has 0 saturated heterocycles. The van der Waals surface area contributed by atoms with Gasteiger partial charge in [-0.1, -0.05) is 0 Å². The first-order valence-corrected chi connectivity index (χ1v) is 9.25. The third-order valence-electron chi connectivity index (χ3n) is 2.39. The Morgan fingerprint density at radius 3 is 2.94 bits per heavy atom. The number of hydrogen-bond donors (Lipinski definition) is 0. The van der Waals surface area contributed by atoms with Crippen molar-refractivity contribution in [3.8, 4) is 11.8 Å². The average molecular weight is 341 g/mol. The van der Waals surface area contributed by atoms with Crippen LogP contribution in [0.1, 0.15) is 0 Å². The number of nitrogens with zero attached hydrogens (tertiary/aromatic N) is 1. The van der Waals surface area contributed by atoms with E-state index in [0.717, 1.165) is 10.8 Å².